The number of H-pyrrole nitrogens is 1. The van der Waals surface area contributed by atoms with Crippen molar-refractivity contribution in [2.24, 2.45) is 5.92 Å². The van der Waals surface area contributed by atoms with E-state index in [4.69, 9.17) is 5.73 Å². The van der Waals surface area contributed by atoms with Gasteiger partial charge in [-0.3, -0.25) is 14.3 Å². The maximum Gasteiger partial charge on any atom is 0.330 e. The van der Waals surface area contributed by atoms with Gasteiger partial charge in [-0.1, -0.05) is 20.8 Å². The summed E-state index contributed by atoms with van der Waals surface area (Å²) in [5.41, 5.74) is 5.34. The van der Waals surface area contributed by atoms with Crippen LogP contribution in [0, 0.1) is 5.92 Å². The zero-order valence-corrected chi connectivity index (χ0v) is 13.3. The van der Waals surface area contributed by atoms with Crippen LogP contribution in [0.25, 0.3) is 0 Å². The summed E-state index contributed by atoms with van der Waals surface area (Å²) in [5.74, 6) is 0.481. The van der Waals surface area contributed by atoms with Crippen LogP contribution in [0.5, 0.6) is 0 Å². The summed E-state index contributed by atoms with van der Waals surface area (Å²) in [5, 5.41) is 3.55. The molecule has 0 spiro atoms. The Bertz CT molecular complexity index is 550. The molecule has 1 rings (SSSR count). The molecular formula is C13H24N4O2S. The molecule has 20 heavy (non-hydrogen) atoms. The van der Waals surface area contributed by atoms with Crippen LogP contribution < -0.4 is 22.3 Å². The SMILES string of the molecule is CSC(C)CCNc1c(N)n(CC(C)C)c(=O)[nH]c1=O. The number of aromatic nitrogens is 2. The third kappa shape index (κ3) is 4.33. The monoisotopic (exact) mass is 300 g/mol. The fourth-order valence-electron chi connectivity index (χ4n) is 1.82. The van der Waals surface area contributed by atoms with Gasteiger partial charge in [0.25, 0.3) is 5.56 Å². The largest absolute Gasteiger partial charge is 0.383 e. The average molecular weight is 300 g/mol. The van der Waals surface area contributed by atoms with E-state index in [9.17, 15) is 9.59 Å². The minimum Gasteiger partial charge on any atom is -0.383 e. The summed E-state index contributed by atoms with van der Waals surface area (Å²) in [6.45, 7) is 7.24. The minimum atomic E-state index is -0.454. The van der Waals surface area contributed by atoms with Crippen LogP contribution >= 0.6 is 11.8 Å². The summed E-state index contributed by atoms with van der Waals surface area (Å²) in [6.07, 6.45) is 2.97. The van der Waals surface area contributed by atoms with Crippen LogP contribution in [0.2, 0.25) is 0 Å². The van der Waals surface area contributed by atoms with Gasteiger partial charge in [0.1, 0.15) is 11.5 Å². The van der Waals surface area contributed by atoms with Crippen molar-refractivity contribution in [3.05, 3.63) is 20.8 Å². The number of hydrogen-bond donors (Lipinski definition) is 3. The van der Waals surface area contributed by atoms with E-state index in [1.165, 1.54) is 4.57 Å². The lowest BCUT2D eigenvalue weighted by Crippen LogP contribution is -2.35. The lowest BCUT2D eigenvalue weighted by atomic mass is 10.2. The Morgan fingerprint density at radius 2 is 2.00 bits per heavy atom. The molecule has 0 aliphatic rings. The van der Waals surface area contributed by atoms with Gasteiger partial charge in [-0.15, -0.1) is 0 Å². The molecule has 1 aromatic rings. The Labute approximate surface area is 123 Å². The highest BCUT2D eigenvalue weighted by Gasteiger charge is 2.13. The van der Waals surface area contributed by atoms with Crippen LogP contribution in [0.15, 0.2) is 9.59 Å². The van der Waals surface area contributed by atoms with Crippen LogP contribution in [0.1, 0.15) is 27.2 Å². The molecule has 1 heterocycles. The zero-order valence-electron chi connectivity index (χ0n) is 12.5. The van der Waals surface area contributed by atoms with Crippen molar-refractivity contribution in [3.63, 3.8) is 0 Å². The number of nitrogens with zero attached hydrogens (tertiary/aromatic N) is 1. The Morgan fingerprint density at radius 1 is 1.35 bits per heavy atom. The molecule has 0 amide bonds. The van der Waals surface area contributed by atoms with Gasteiger partial charge in [0.05, 0.1) is 0 Å². The molecule has 0 saturated carbocycles. The lowest BCUT2D eigenvalue weighted by molar-refractivity contribution is 0.508. The number of hydrogen-bond acceptors (Lipinski definition) is 5. The van der Waals surface area contributed by atoms with Crippen LogP contribution in [0.3, 0.4) is 0 Å². The van der Waals surface area contributed by atoms with Crippen molar-refractivity contribution in [3.8, 4) is 0 Å². The van der Waals surface area contributed by atoms with Crippen molar-refractivity contribution < 1.29 is 0 Å². The maximum atomic E-state index is 11.8. The van der Waals surface area contributed by atoms with Crippen LogP contribution in [-0.4, -0.2) is 27.6 Å². The molecule has 0 aliphatic carbocycles. The number of thioether (sulfide) groups is 1. The van der Waals surface area contributed by atoms with Crippen molar-refractivity contribution >= 4 is 23.3 Å². The fourth-order valence-corrected chi connectivity index (χ4v) is 2.18. The number of nitrogen functional groups attached to an aromatic ring is 1. The molecular weight excluding hydrogens is 276 g/mol. The average Bonchev–Trinajstić information content (AvgIpc) is 2.37. The molecule has 7 heteroatoms. The van der Waals surface area contributed by atoms with Crippen molar-refractivity contribution in [2.45, 2.75) is 39.0 Å². The Morgan fingerprint density at radius 3 is 2.55 bits per heavy atom. The minimum absolute atomic E-state index is 0.212. The molecule has 1 atom stereocenters. The van der Waals surface area contributed by atoms with Gasteiger partial charge in [0.2, 0.25) is 0 Å². The standard InChI is InChI=1S/C13H24N4O2S/c1-8(2)7-17-11(14)10(12(18)16-13(17)19)15-6-5-9(3)20-4/h8-9,15H,5-7,14H2,1-4H3,(H,16,18,19). The molecule has 1 unspecified atom stereocenters. The lowest BCUT2D eigenvalue weighted by Gasteiger charge is -2.16. The van der Waals surface area contributed by atoms with E-state index in [1.54, 1.807) is 11.8 Å². The predicted octanol–water partition coefficient (Wildman–Crippen LogP) is 1.33. The first kappa shape index (κ1) is 16.7. The smallest absolute Gasteiger partial charge is 0.330 e. The number of nitrogens with one attached hydrogen (secondary N) is 2. The maximum absolute atomic E-state index is 11.8. The second-order valence-corrected chi connectivity index (χ2v) is 6.56. The molecule has 0 radical (unpaired) electrons. The van der Waals surface area contributed by atoms with Gasteiger partial charge in [0.15, 0.2) is 0 Å². The number of aromatic amines is 1. The summed E-state index contributed by atoms with van der Waals surface area (Å²) in [7, 11) is 0. The summed E-state index contributed by atoms with van der Waals surface area (Å²) >= 11 is 1.77. The Hall–Kier alpha value is -1.37. The zero-order chi connectivity index (χ0) is 15.3. The van der Waals surface area contributed by atoms with Crippen molar-refractivity contribution in [1.82, 2.24) is 9.55 Å². The molecule has 6 nitrogen and oxygen atoms in total. The third-order valence-corrected chi connectivity index (χ3v) is 4.08. The van der Waals surface area contributed by atoms with E-state index in [-0.39, 0.29) is 11.7 Å². The van der Waals surface area contributed by atoms with Crippen LogP contribution in [-0.2, 0) is 6.54 Å². The van der Waals surface area contributed by atoms with E-state index in [1.807, 2.05) is 13.8 Å². The van der Waals surface area contributed by atoms with Gasteiger partial charge < -0.3 is 11.1 Å². The van der Waals surface area contributed by atoms with E-state index in [0.717, 1.165) is 6.42 Å². The van der Waals surface area contributed by atoms with Crippen LogP contribution in [0.4, 0.5) is 11.5 Å². The van der Waals surface area contributed by atoms with E-state index in [0.29, 0.717) is 24.0 Å². The fraction of sp³-hybridized carbons (Fsp3) is 0.692. The van der Waals surface area contributed by atoms with Crippen molar-refractivity contribution in [1.29, 1.82) is 0 Å². The summed E-state index contributed by atoms with van der Waals surface area (Å²) in [6, 6.07) is 0. The number of anilines is 2. The summed E-state index contributed by atoms with van der Waals surface area (Å²) in [4.78, 5) is 25.9. The molecule has 4 N–H and O–H groups in total. The molecule has 0 aliphatic heterocycles. The first-order valence-electron chi connectivity index (χ1n) is 6.76. The highest BCUT2D eigenvalue weighted by molar-refractivity contribution is 7.99. The number of rotatable bonds is 7. The highest BCUT2D eigenvalue weighted by atomic mass is 32.2. The molecule has 0 fully saturated rings. The normalized spacial score (nSPS) is 12.7. The predicted molar refractivity (Wildman–Crippen MR) is 86.7 cm³/mol. The number of nitrogens with two attached hydrogens (primary N) is 1. The highest BCUT2D eigenvalue weighted by Crippen LogP contribution is 2.14. The molecule has 0 bridgehead atoms. The Kier molecular flexibility index (Phi) is 6.19. The summed E-state index contributed by atoms with van der Waals surface area (Å²) < 4.78 is 1.41. The van der Waals surface area contributed by atoms with Crippen molar-refractivity contribution in [2.75, 3.05) is 23.9 Å². The van der Waals surface area contributed by atoms with Gasteiger partial charge in [0, 0.05) is 18.3 Å². The van der Waals surface area contributed by atoms with Gasteiger partial charge >= 0.3 is 5.69 Å². The Balaban J connectivity index is 2.96. The second kappa shape index (κ2) is 7.42. The molecule has 1 aromatic heterocycles. The van der Waals surface area contributed by atoms with Gasteiger partial charge in [-0.05, 0) is 18.6 Å². The van der Waals surface area contributed by atoms with Gasteiger partial charge in [-0.25, -0.2) is 4.79 Å². The van der Waals surface area contributed by atoms with E-state index < -0.39 is 11.2 Å². The molecule has 0 saturated heterocycles. The molecule has 0 aromatic carbocycles. The quantitative estimate of drug-likeness (QED) is 0.706. The second-order valence-electron chi connectivity index (χ2n) is 5.29. The first-order valence-corrected chi connectivity index (χ1v) is 8.04. The van der Waals surface area contributed by atoms with Gasteiger partial charge in [-0.2, -0.15) is 11.8 Å². The van der Waals surface area contributed by atoms with E-state index >= 15 is 0 Å². The van der Waals surface area contributed by atoms with E-state index in [2.05, 4.69) is 23.5 Å². The third-order valence-electron chi connectivity index (χ3n) is 3.04. The molecule has 114 valence electrons. The topological polar surface area (TPSA) is 92.9 Å². The first-order chi connectivity index (χ1) is 9.36.